The molecule has 0 aliphatic carbocycles. The van der Waals surface area contributed by atoms with Gasteiger partial charge >= 0.3 is 0 Å². The van der Waals surface area contributed by atoms with Crippen LogP contribution in [0.15, 0.2) is 70.0 Å². The number of hydrogen-bond donors (Lipinski definition) is 2. The third-order valence-corrected chi connectivity index (χ3v) is 8.41. The minimum Gasteiger partial charge on any atom is -0.378 e. The van der Waals surface area contributed by atoms with Gasteiger partial charge in [-0.1, -0.05) is 34.1 Å². The van der Waals surface area contributed by atoms with Crippen LogP contribution >= 0.6 is 15.9 Å². The Kier molecular flexibility index (Phi) is 5.51. The molecule has 3 atom stereocenters. The Balaban J connectivity index is 1.47. The lowest BCUT2D eigenvalue weighted by atomic mass is 9.81. The maximum atomic E-state index is 13.1. The summed E-state index contributed by atoms with van der Waals surface area (Å²) in [7, 11) is -3.71. The molecule has 0 saturated carbocycles. The molecule has 2 aliphatic rings. The third-order valence-electron chi connectivity index (χ3n) is 6.50. The predicted octanol–water partition coefficient (Wildman–Crippen LogP) is 6.11. The van der Waals surface area contributed by atoms with Crippen molar-refractivity contribution in [2.75, 3.05) is 16.6 Å². The Labute approximate surface area is 197 Å². The molecule has 1 saturated heterocycles. The molecule has 5 rings (SSSR count). The first kappa shape index (κ1) is 21.5. The van der Waals surface area contributed by atoms with Crippen molar-refractivity contribution >= 4 is 37.3 Å². The number of sulfonamides is 1. The second-order valence-electron chi connectivity index (χ2n) is 8.57. The summed E-state index contributed by atoms with van der Waals surface area (Å²) >= 11 is 3.50. The Morgan fingerprint density at radius 1 is 1.00 bits per heavy atom. The van der Waals surface area contributed by atoms with Gasteiger partial charge in [0.05, 0.1) is 17.0 Å². The molecule has 2 heterocycles. The quantitative estimate of drug-likeness (QED) is 0.442. The van der Waals surface area contributed by atoms with E-state index in [4.69, 9.17) is 4.74 Å². The van der Waals surface area contributed by atoms with Gasteiger partial charge < -0.3 is 10.1 Å². The summed E-state index contributed by atoms with van der Waals surface area (Å²) in [4.78, 5) is 0.243. The summed E-state index contributed by atoms with van der Waals surface area (Å²) in [5.41, 5.74) is 5.76. The van der Waals surface area contributed by atoms with E-state index >= 15 is 0 Å². The number of hydrogen-bond acceptors (Lipinski definition) is 4. The molecule has 7 heteroatoms. The number of aryl methyl sites for hydroxylation is 2. The van der Waals surface area contributed by atoms with Crippen molar-refractivity contribution in [3.8, 4) is 0 Å². The van der Waals surface area contributed by atoms with Crippen LogP contribution in [0.1, 0.15) is 40.8 Å². The summed E-state index contributed by atoms with van der Waals surface area (Å²) in [6.45, 7) is 4.64. The number of fused-ring (bicyclic) bond motifs is 3. The van der Waals surface area contributed by atoms with E-state index in [1.807, 2.05) is 44.2 Å². The van der Waals surface area contributed by atoms with Gasteiger partial charge in [0.1, 0.15) is 0 Å². The van der Waals surface area contributed by atoms with Gasteiger partial charge in [0, 0.05) is 33.9 Å². The molecular formula is C25H25BrN2O3S. The highest BCUT2D eigenvalue weighted by Gasteiger charge is 2.41. The minimum absolute atomic E-state index is 0.124. The van der Waals surface area contributed by atoms with Crippen LogP contribution in [0.5, 0.6) is 0 Å². The average Bonchev–Trinajstić information content (AvgIpc) is 3.26. The van der Waals surface area contributed by atoms with E-state index in [0.29, 0.717) is 12.3 Å². The molecule has 0 aromatic heterocycles. The topological polar surface area (TPSA) is 67.4 Å². The largest absolute Gasteiger partial charge is 0.378 e. The van der Waals surface area contributed by atoms with Crippen molar-refractivity contribution in [1.29, 1.82) is 0 Å². The second-order valence-corrected chi connectivity index (χ2v) is 11.2. The Hall–Kier alpha value is -2.35. The van der Waals surface area contributed by atoms with Gasteiger partial charge in [-0.25, -0.2) is 8.42 Å². The fraction of sp³-hybridized carbons (Fsp3) is 0.280. The van der Waals surface area contributed by atoms with Crippen LogP contribution in [-0.2, 0) is 14.8 Å². The van der Waals surface area contributed by atoms with E-state index in [9.17, 15) is 8.42 Å². The molecule has 32 heavy (non-hydrogen) atoms. The third kappa shape index (κ3) is 3.93. The summed E-state index contributed by atoms with van der Waals surface area (Å²) in [5.74, 6) is 0.245. The monoisotopic (exact) mass is 512 g/mol. The standard InChI is InChI=1S/C25H25BrN2O3S/c1-15-3-8-19(13-16(15)2)28-32(29,30)20-9-10-23-22(14-20)25-21(11-12-31-25)24(27-23)17-4-6-18(26)7-5-17/h3-10,13-14,21,24-25,27-28H,11-12H2,1-2H3. The number of halogens is 1. The molecule has 0 radical (unpaired) electrons. The summed E-state index contributed by atoms with van der Waals surface area (Å²) in [6, 6.07) is 19.3. The lowest BCUT2D eigenvalue weighted by Crippen LogP contribution is -2.29. The molecule has 3 unspecified atom stereocenters. The SMILES string of the molecule is Cc1ccc(NS(=O)(=O)c2ccc3c(c2)C2OCCC2C(c2ccc(Br)cc2)N3)cc1C. The van der Waals surface area contributed by atoms with Crippen LogP contribution in [0.4, 0.5) is 11.4 Å². The zero-order valence-electron chi connectivity index (χ0n) is 17.9. The lowest BCUT2D eigenvalue weighted by Gasteiger charge is -2.36. The highest BCUT2D eigenvalue weighted by atomic mass is 79.9. The van der Waals surface area contributed by atoms with Crippen molar-refractivity contribution in [3.63, 3.8) is 0 Å². The fourth-order valence-corrected chi connectivity index (χ4v) is 5.99. The van der Waals surface area contributed by atoms with E-state index in [1.54, 1.807) is 18.2 Å². The molecule has 0 amide bonds. The van der Waals surface area contributed by atoms with Crippen molar-refractivity contribution in [3.05, 3.63) is 87.4 Å². The van der Waals surface area contributed by atoms with E-state index in [-0.39, 0.29) is 23.0 Å². The number of nitrogens with one attached hydrogen (secondary N) is 2. The van der Waals surface area contributed by atoms with Crippen molar-refractivity contribution in [2.45, 2.75) is 37.3 Å². The van der Waals surface area contributed by atoms with Crippen molar-refractivity contribution in [2.24, 2.45) is 5.92 Å². The molecule has 5 nitrogen and oxygen atoms in total. The smallest absolute Gasteiger partial charge is 0.261 e. The zero-order valence-corrected chi connectivity index (χ0v) is 20.3. The van der Waals surface area contributed by atoms with Crippen LogP contribution in [0.25, 0.3) is 0 Å². The first-order valence-electron chi connectivity index (χ1n) is 10.7. The summed E-state index contributed by atoms with van der Waals surface area (Å²) in [6.07, 6.45) is 0.798. The van der Waals surface area contributed by atoms with Crippen LogP contribution in [0.2, 0.25) is 0 Å². The van der Waals surface area contributed by atoms with E-state index in [1.165, 1.54) is 5.56 Å². The minimum atomic E-state index is -3.71. The van der Waals surface area contributed by atoms with Gasteiger partial charge in [0.25, 0.3) is 10.0 Å². The average molecular weight is 513 g/mol. The van der Waals surface area contributed by atoms with Gasteiger partial charge in [0.15, 0.2) is 0 Å². The number of rotatable bonds is 4. The van der Waals surface area contributed by atoms with Crippen molar-refractivity contribution in [1.82, 2.24) is 0 Å². The van der Waals surface area contributed by atoms with Crippen molar-refractivity contribution < 1.29 is 13.2 Å². The lowest BCUT2D eigenvalue weighted by molar-refractivity contribution is 0.0827. The molecule has 1 fully saturated rings. The van der Waals surface area contributed by atoms with E-state index in [2.05, 4.69) is 38.1 Å². The van der Waals surface area contributed by atoms with Gasteiger partial charge in [-0.15, -0.1) is 0 Å². The molecule has 0 bridgehead atoms. The molecular weight excluding hydrogens is 488 g/mol. The van der Waals surface area contributed by atoms with Crippen LogP contribution in [0.3, 0.4) is 0 Å². The molecule has 0 spiro atoms. The maximum Gasteiger partial charge on any atom is 0.261 e. The van der Waals surface area contributed by atoms with Crippen LogP contribution < -0.4 is 10.0 Å². The molecule has 2 N–H and O–H groups in total. The number of anilines is 2. The second kappa shape index (κ2) is 8.21. The molecule has 2 aliphatic heterocycles. The summed E-state index contributed by atoms with van der Waals surface area (Å²) in [5, 5.41) is 3.64. The first-order chi connectivity index (χ1) is 15.3. The van der Waals surface area contributed by atoms with Gasteiger partial charge in [-0.2, -0.15) is 0 Å². The van der Waals surface area contributed by atoms with Gasteiger partial charge in [-0.3, -0.25) is 4.72 Å². The Morgan fingerprint density at radius 3 is 2.53 bits per heavy atom. The predicted molar refractivity (Wildman–Crippen MR) is 130 cm³/mol. The van der Waals surface area contributed by atoms with Crippen LogP contribution in [-0.4, -0.2) is 15.0 Å². The number of ether oxygens (including phenoxy) is 1. The first-order valence-corrected chi connectivity index (χ1v) is 13.0. The van der Waals surface area contributed by atoms with Crippen LogP contribution in [0, 0.1) is 19.8 Å². The highest BCUT2D eigenvalue weighted by Crippen LogP contribution is 2.50. The zero-order chi connectivity index (χ0) is 22.5. The highest BCUT2D eigenvalue weighted by molar-refractivity contribution is 9.10. The Morgan fingerprint density at radius 2 is 1.78 bits per heavy atom. The van der Waals surface area contributed by atoms with E-state index in [0.717, 1.165) is 33.3 Å². The van der Waals surface area contributed by atoms with E-state index < -0.39 is 10.0 Å². The number of benzene rings is 3. The Bertz CT molecular complexity index is 1270. The maximum absolute atomic E-state index is 13.1. The normalized spacial score (nSPS) is 22.0. The molecule has 166 valence electrons. The molecule has 3 aromatic rings. The van der Waals surface area contributed by atoms with Gasteiger partial charge in [0.2, 0.25) is 0 Å². The molecule has 3 aromatic carbocycles. The van der Waals surface area contributed by atoms with Gasteiger partial charge in [-0.05, 0) is 79.4 Å². The fourth-order valence-electron chi connectivity index (χ4n) is 4.64. The summed E-state index contributed by atoms with van der Waals surface area (Å²) < 4.78 is 36.1.